The predicted molar refractivity (Wildman–Crippen MR) is 73.4 cm³/mol. The highest BCUT2D eigenvalue weighted by Gasteiger charge is 2.13. The van der Waals surface area contributed by atoms with Gasteiger partial charge in [0, 0.05) is 0 Å². The topological polar surface area (TPSA) is 70.3 Å². The summed E-state index contributed by atoms with van der Waals surface area (Å²) >= 11 is 0. The number of rotatable bonds is 4. The Morgan fingerprint density at radius 1 is 1.20 bits per heavy atom. The molecule has 0 saturated heterocycles. The SMILES string of the molecule is Cc1cc(F)ccc1Oc1ncnc(OC(C)C)c1N. The Morgan fingerprint density at radius 3 is 2.55 bits per heavy atom. The largest absolute Gasteiger partial charge is 0.473 e. The van der Waals surface area contributed by atoms with Crippen molar-refractivity contribution >= 4 is 5.69 Å². The van der Waals surface area contributed by atoms with Crippen molar-refractivity contribution in [1.29, 1.82) is 0 Å². The molecule has 0 bridgehead atoms. The Bertz CT molecular complexity index is 617. The fourth-order valence-electron chi connectivity index (χ4n) is 1.59. The molecule has 0 amide bonds. The molecule has 0 aliphatic carbocycles. The number of halogens is 1. The van der Waals surface area contributed by atoms with Crippen LogP contribution in [0.25, 0.3) is 0 Å². The van der Waals surface area contributed by atoms with E-state index < -0.39 is 0 Å². The summed E-state index contributed by atoms with van der Waals surface area (Å²) in [6, 6.07) is 4.21. The molecule has 2 aromatic rings. The van der Waals surface area contributed by atoms with E-state index in [0.29, 0.717) is 11.3 Å². The van der Waals surface area contributed by atoms with Crippen molar-refractivity contribution in [3.8, 4) is 17.5 Å². The Balaban J connectivity index is 2.29. The average molecular weight is 277 g/mol. The molecular formula is C14H16FN3O2. The van der Waals surface area contributed by atoms with Gasteiger partial charge in [-0.25, -0.2) is 4.39 Å². The molecule has 106 valence electrons. The number of hydrogen-bond donors (Lipinski definition) is 1. The maximum Gasteiger partial charge on any atom is 0.249 e. The van der Waals surface area contributed by atoms with Crippen molar-refractivity contribution in [3.63, 3.8) is 0 Å². The van der Waals surface area contributed by atoms with E-state index in [1.54, 1.807) is 6.92 Å². The molecule has 0 atom stereocenters. The van der Waals surface area contributed by atoms with Crippen LogP contribution in [0.3, 0.4) is 0 Å². The molecule has 2 rings (SSSR count). The first-order valence-corrected chi connectivity index (χ1v) is 6.18. The summed E-state index contributed by atoms with van der Waals surface area (Å²) in [5.41, 5.74) is 6.77. The quantitative estimate of drug-likeness (QED) is 0.929. The van der Waals surface area contributed by atoms with Gasteiger partial charge in [-0.1, -0.05) is 0 Å². The van der Waals surface area contributed by atoms with E-state index >= 15 is 0 Å². The lowest BCUT2D eigenvalue weighted by Gasteiger charge is -2.13. The Morgan fingerprint density at radius 2 is 1.90 bits per heavy atom. The van der Waals surface area contributed by atoms with Gasteiger partial charge in [0.05, 0.1) is 6.10 Å². The van der Waals surface area contributed by atoms with Crippen molar-refractivity contribution < 1.29 is 13.9 Å². The first-order valence-electron chi connectivity index (χ1n) is 6.18. The van der Waals surface area contributed by atoms with E-state index in [1.807, 2.05) is 13.8 Å². The minimum atomic E-state index is -0.325. The molecule has 0 fully saturated rings. The van der Waals surface area contributed by atoms with Gasteiger partial charge in [0.2, 0.25) is 11.8 Å². The Labute approximate surface area is 116 Å². The fourth-order valence-corrected chi connectivity index (χ4v) is 1.59. The molecule has 0 aliphatic rings. The highest BCUT2D eigenvalue weighted by molar-refractivity contribution is 5.57. The molecule has 0 radical (unpaired) electrons. The number of benzene rings is 1. The Hall–Kier alpha value is -2.37. The first-order chi connectivity index (χ1) is 9.47. The molecular weight excluding hydrogens is 261 g/mol. The summed E-state index contributed by atoms with van der Waals surface area (Å²) in [6.07, 6.45) is 1.25. The normalized spacial score (nSPS) is 10.7. The van der Waals surface area contributed by atoms with Crippen LogP contribution in [0.1, 0.15) is 19.4 Å². The zero-order chi connectivity index (χ0) is 14.7. The lowest BCUT2D eigenvalue weighted by molar-refractivity contribution is 0.232. The van der Waals surface area contributed by atoms with Gasteiger partial charge in [-0.05, 0) is 44.5 Å². The number of aromatic nitrogens is 2. The van der Waals surface area contributed by atoms with Crippen LogP contribution in [0.5, 0.6) is 17.5 Å². The molecule has 0 spiro atoms. The Kier molecular flexibility index (Phi) is 4.02. The van der Waals surface area contributed by atoms with E-state index in [1.165, 1.54) is 24.5 Å². The zero-order valence-electron chi connectivity index (χ0n) is 11.6. The third-order valence-corrected chi connectivity index (χ3v) is 2.50. The summed E-state index contributed by atoms with van der Waals surface area (Å²) in [4.78, 5) is 7.93. The van der Waals surface area contributed by atoms with Gasteiger partial charge in [-0.15, -0.1) is 0 Å². The van der Waals surface area contributed by atoms with Gasteiger partial charge in [0.15, 0.2) is 5.69 Å². The molecule has 0 unspecified atom stereocenters. The second-order valence-corrected chi connectivity index (χ2v) is 4.58. The van der Waals surface area contributed by atoms with Crippen LogP contribution in [-0.4, -0.2) is 16.1 Å². The molecule has 2 N–H and O–H groups in total. The van der Waals surface area contributed by atoms with E-state index in [9.17, 15) is 4.39 Å². The summed E-state index contributed by atoms with van der Waals surface area (Å²) in [6.45, 7) is 5.47. The van der Waals surface area contributed by atoms with Gasteiger partial charge in [-0.3, -0.25) is 0 Å². The number of nitrogens with zero attached hydrogens (tertiary/aromatic N) is 2. The lowest BCUT2D eigenvalue weighted by Crippen LogP contribution is -2.10. The minimum absolute atomic E-state index is 0.0624. The van der Waals surface area contributed by atoms with Crippen molar-refractivity contribution in [2.45, 2.75) is 26.9 Å². The number of nitrogen functional groups attached to an aromatic ring is 1. The van der Waals surface area contributed by atoms with Gasteiger partial charge < -0.3 is 15.2 Å². The molecule has 1 heterocycles. The monoisotopic (exact) mass is 277 g/mol. The molecule has 5 nitrogen and oxygen atoms in total. The van der Waals surface area contributed by atoms with Crippen LogP contribution in [0, 0.1) is 12.7 Å². The number of hydrogen-bond acceptors (Lipinski definition) is 5. The van der Waals surface area contributed by atoms with Gasteiger partial charge in [0.25, 0.3) is 0 Å². The van der Waals surface area contributed by atoms with Crippen molar-refractivity contribution in [2.75, 3.05) is 5.73 Å². The van der Waals surface area contributed by atoms with Gasteiger partial charge in [0.1, 0.15) is 17.9 Å². The van der Waals surface area contributed by atoms with Crippen molar-refractivity contribution in [2.24, 2.45) is 0 Å². The van der Waals surface area contributed by atoms with Crippen LogP contribution >= 0.6 is 0 Å². The minimum Gasteiger partial charge on any atom is -0.473 e. The van der Waals surface area contributed by atoms with Gasteiger partial charge in [-0.2, -0.15) is 9.97 Å². The highest BCUT2D eigenvalue weighted by Crippen LogP contribution is 2.32. The van der Waals surface area contributed by atoms with Crippen molar-refractivity contribution in [3.05, 3.63) is 35.9 Å². The van der Waals surface area contributed by atoms with Crippen LogP contribution < -0.4 is 15.2 Å². The number of aryl methyl sites for hydroxylation is 1. The van der Waals surface area contributed by atoms with E-state index in [4.69, 9.17) is 15.2 Å². The maximum absolute atomic E-state index is 13.0. The number of anilines is 1. The first kappa shape index (κ1) is 14.0. The average Bonchev–Trinajstić information content (AvgIpc) is 2.36. The maximum atomic E-state index is 13.0. The van der Waals surface area contributed by atoms with Crippen molar-refractivity contribution in [1.82, 2.24) is 9.97 Å². The smallest absolute Gasteiger partial charge is 0.249 e. The lowest BCUT2D eigenvalue weighted by atomic mass is 10.2. The molecule has 0 aliphatic heterocycles. The number of nitrogens with two attached hydrogens (primary N) is 1. The van der Waals surface area contributed by atoms with Crippen LogP contribution in [0.15, 0.2) is 24.5 Å². The summed E-state index contributed by atoms with van der Waals surface area (Å²) < 4.78 is 24.1. The highest BCUT2D eigenvalue weighted by atomic mass is 19.1. The third-order valence-electron chi connectivity index (χ3n) is 2.50. The fraction of sp³-hybridized carbons (Fsp3) is 0.286. The summed E-state index contributed by atoms with van der Waals surface area (Å²) in [5, 5.41) is 0. The van der Waals surface area contributed by atoms with Crippen LogP contribution in [0.4, 0.5) is 10.1 Å². The van der Waals surface area contributed by atoms with Gasteiger partial charge >= 0.3 is 0 Å². The summed E-state index contributed by atoms with van der Waals surface area (Å²) in [5.74, 6) is 0.608. The molecule has 20 heavy (non-hydrogen) atoms. The molecule has 0 saturated carbocycles. The molecule has 1 aromatic carbocycles. The van der Waals surface area contributed by atoms with E-state index in [0.717, 1.165) is 0 Å². The van der Waals surface area contributed by atoms with Crippen LogP contribution in [-0.2, 0) is 0 Å². The third kappa shape index (κ3) is 3.14. The second-order valence-electron chi connectivity index (χ2n) is 4.58. The summed E-state index contributed by atoms with van der Waals surface area (Å²) in [7, 11) is 0. The predicted octanol–water partition coefficient (Wildman–Crippen LogP) is 3.09. The number of ether oxygens (including phenoxy) is 2. The van der Waals surface area contributed by atoms with E-state index in [-0.39, 0.29) is 29.4 Å². The van der Waals surface area contributed by atoms with Crippen LogP contribution in [0.2, 0.25) is 0 Å². The molecule has 1 aromatic heterocycles. The zero-order valence-corrected chi connectivity index (χ0v) is 11.6. The van der Waals surface area contributed by atoms with E-state index in [2.05, 4.69) is 9.97 Å². The standard InChI is InChI=1S/C14H16FN3O2/c1-8(2)19-13-12(16)14(18-7-17-13)20-11-5-4-10(15)6-9(11)3/h4-8H,16H2,1-3H3. The molecule has 6 heteroatoms. The second kappa shape index (κ2) is 5.73.